The normalized spacial score (nSPS) is 13.9. The van der Waals surface area contributed by atoms with Gasteiger partial charge in [-0.15, -0.1) is 0 Å². The lowest BCUT2D eigenvalue weighted by molar-refractivity contribution is 1.05. The topological polar surface area (TPSA) is 0 Å². The van der Waals surface area contributed by atoms with Crippen LogP contribution in [0.5, 0.6) is 0 Å². The summed E-state index contributed by atoms with van der Waals surface area (Å²) in [6.07, 6.45) is 27.0. The fourth-order valence-corrected chi connectivity index (χ4v) is 1.02. The van der Waals surface area contributed by atoms with Gasteiger partial charge in [0.2, 0.25) is 0 Å². The van der Waals surface area contributed by atoms with Crippen molar-refractivity contribution >= 4 is 0 Å². The summed E-state index contributed by atoms with van der Waals surface area (Å²) in [6, 6.07) is 0. The minimum Gasteiger partial charge on any atom is -0.0877 e. The third kappa shape index (κ3) is 12.4. The van der Waals surface area contributed by atoms with Gasteiger partial charge in [-0.3, -0.25) is 0 Å². The third-order valence-corrected chi connectivity index (χ3v) is 1.82. The highest BCUT2D eigenvalue weighted by molar-refractivity contribution is 5.12. The molecule has 0 rings (SSSR count). The number of unbranched alkanes of at least 4 members (excludes halogenated alkanes) is 1. The zero-order valence-corrected chi connectivity index (χ0v) is 10.3. The maximum absolute atomic E-state index is 2.18. The monoisotopic (exact) mass is 214 g/mol. The Labute approximate surface area is 100 Å². The molecule has 0 saturated carbocycles. The zero-order valence-electron chi connectivity index (χ0n) is 10.3. The molecular formula is C16H22. The van der Waals surface area contributed by atoms with Gasteiger partial charge in [-0.05, 0) is 26.7 Å². The van der Waals surface area contributed by atoms with Crippen molar-refractivity contribution in [3.63, 3.8) is 0 Å². The molecule has 0 N–H and O–H groups in total. The van der Waals surface area contributed by atoms with Gasteiger partial charge >= 0.3 is 0 Å². The van der Waals surface area contributed by atoms with Crippen LogP contribution in [0.1, 0.15) is 26.7 Å². The molecule has 0 amide bonds. The molecule has 0 aromatic rings. The highest BCUT2D eigenvalue weighted by Crippen LogP contribution is 1.94. The second-order valence-corrected chi connectivity index (χ2v) is 3.26. The van der Waals surface area contributed by atoms with Gasteiger partial charge in [-0.2, -0.15) is 0 Å². The minimum atomic E-state index is 1.09. The number of rotatable bonds is 7. The molecule has 0 heteroatoms. The van der Waals surface area contributed by atoms with Crippen molar-refractivity contribution < 1.29 is 0 Å². The van der Waals surface area contributed by atoms with Gasteiger partial charge in [0, 0.05) is 0 Å². The van der Waals surface area contributed by atoms with Crippen LogP contribution in [0, 0.1) is 0 Å². The molecule has 0 spiro atoms. The summed E-state index contributed by atoms with van der Waals surface area (Å²) in [5, 5.41) is 0. The highest BCUT2D eigenvalue weighted by Gasteiger charge is 1.73. The van der Waals surface area contributed by atoms with Crippen LogP contribution in [0.2, 0.25) is 0 Å². The second kappa shape index (κ2) is 13.4. The summed E-state index contributed by atoms with van der Waals surface area (Å²) in [4.78, 5) is 0. The molecule has 16 heavy (non-hydrogen) atoms. The predicted octanol–water partition coefficient (Wildman–Crippen LogP) is 5.14. The van der Waals surface area contributed by atoms with E-state index in [-0.39, 0.29) is 0 Å². The maximum atomic E-state index is 2.18. The molecule has 86 valence electrons. The first-order chi connectivity index (χ1) is 7.91. The van der Waals surface area contributed by atoms with E-state index in [1.54, 1.807) is 0 Å². The molecule has 0 aromatic carbocycles. The van der Waals surface area contributed by atoms with Crippen LogP contribution in [-0.4, -0.2) is 0 Å². The van der Waals surface area contributed by atoms with Crippen LogP contribution in [-0.2, 0) is 0 Å². The van der Waals surface area contributed by atoms with Crippen LogP contribution in [0.4, 0.5) is 0 Å². The summed E-state index contributed by atoms with van der Waals surface area (Å²) in [7, 11) is 0. The van der Waals surface area contributed by atoms with Gasteiger partial charge in [0.05, 0.1) is 0 Å². The van der Waals surface area contributed by atoms with Crippen LogP contribution in [0.25, 0.3) is 0 Å². The fraction of sp³-hybridized carbons (Fsp3) is 0.250. The van der Waals surface area contributed by atoms with Crippen LogP contribution >= 0.6 is 0 Å². The first kappa shape index (κ1) is 14.4. The molecule has 0 nitrogen and oxygen atoms in total. The Morgan fingerprint density at radius 2 is 0.875 bits per heavy atom. The summed E-state index contributed by atoms with van der Waals surface area (Å²) in [5.41, 5.74) is 0. The molecule has 0 aliphatic carbocycles. The zero-order chi connectivity index (χ0) is 11.9. The van der Waals surface area contributed by atoms with Crippen LogP contribution in [0.15, 0.2) is 72.9 Å². The Kier molecular flexibility index (Phi) is 12.1. The minimum absolute atomic E-state index is 1.09. The molecule has 0 heterocycles. The molecule has 0 atom stereocenters. The highest BCUT2D eigenvalue weighted by atomic mass is 13.8. The summed E-state index contributed by atoms with van der Waals surface area (Å²) in [6.45, 7) is 4.03. The van der Waals surface area contributed by atoms with E-state index in [1.807, 2.05) is 50.3 Å². The SMILES string of the molecule is CC=CC=CC=CCCC=CC=CC=CC. The molecule has 0 aliphatic heterocycles. The lowest BCUT2D eigenvalue weighted by atomic mass is 10.2. The Bertz CT molecular complexity index is 264. The van der Waals surface area contributed by atoms with Crippen LogP contribution < -0.4 is 0 Å². The van der Waals surface area contributed by atoms with Crippen molar-refractivity contribution in [3.05, 3.63) is 72.9 Å². The van der Waals surface area contributed by atoms with E-state index in [2.05, 4.69) is 36.5 Å². The summed E-state index contributed by atoms with van der Waals surface area (Å²) < 4.78 is 0. The first-order valence-electron chi connectivity index (χ1n) is 5.80. The van der Waals surface area contributed by atoms with E-state index in [0.717, 1.165) is 12.8 Å². The van der Waals surface area contributed by atoms with Gasteiger partial charge in [-0.1, -0.05) is 72.9 Å². The van der Waals surface area contributed by atoms with E-state index in [0.29, 0.717) is 0 Å². The van der Waals surface area contributed by atoms with E-state index in [4.69, 9.17) is 0 Å². The molecular weight excluding hydrogens is 192 g/mol. The molecule has 0 fully saturated rings. The molecule has 0 saturated heterocycles. The summed E-state index contributed by atoms with van der Waals surface area (Å²) >= 11 is 0. The number of hydrogen-bond donors (Lipinski definition) is 0. The van der Waals surface area contributed by atoms with Crippen molar-refractivity contribution in [3.8, 4) is 0 Å². The summed E-state index contributed by atoms with van der Waals surface area (Å²) in [5.74, 6) is 0. The lowest BCUT2D eigenvalue weighted by Crippen LogP contribution is -1.63. The van der Waals surface area contributed by atoms with Gasteiger partial charge in [0.15, 0.2) is 0 Å². The first-order valence-corrected chi connectivity index (χ1v) is 5.80. The lowest BCUT2D eigenvalue weighted by Gasteiger charge is -1.83. The maximum Gasteiger partial charge on any atom is -0.0313 e. The van der Waals surface area contributed by atoms with Crippen molar-refractivity contribution in [1.29, 1.82) is 0 Å². The third-order valence-electron chi connectivity index (χ3n) is 1.82. The standard InChI is InChI=1S/C16H22/c1-3-5-7-9-11-13-15-16-14-12-10-8-6-4-2/h3-14H,15-16H2,1-2H3. The average Bonchev–Trinajstić information content (AvgIpc) is 2.31. The molecule has 0 aromatic heterocycles. The van der Waals surface area contributed by atoms with Crippen molar-refractivity contribution in [2.75, 3.05) is 0 Å². The smallest absolute Gasteiger partial charge is 0.0313 e. The number of hydrogen-bond acceptors (Lipinski definition) is 0. The Morgan fingerprint density at radius 1 is 0.500 bits per heavy atom. The van der Waals surface area contributed by atoms with Gasteiger partial charge < -0.3 is 0 Å². The fourth-order valence-electron chi connectivity index (χ4n) is 1.02. The van der Waals surface area contributed by atoms with Crippen molar-refractivity contribution in [2.45, 2.75) is 26.7 Å². The molecule has 0 bridgehead atoms. The largest absolute Gasteiger partial charge is 0.0877 e. The van der Waals surface area contributed by atoms with Crippen molar-refractivity contribution in [2.24, 2.45) is 0 Å². The quantitative estimate of drug-likeness (QED) is 0.406. The second-order valence-electron chi connectivity index (χ2n) is 3.26. The number of allylic oxidation sites excluding steroid dienone is 12. The van der Waals surface area contributed by atoms with Gasteiger partial charge in [0.1, 0.15) is 0 Å². The Hall–Kier alpha value is -1.56. The molecule has 0 aliphatic rings. The van der Waals surface area contributed by atoms with Crippen molar-refractivity contribution in [1.82, 2.24) is 0 Å². The average molecular weight is 214 g/mol. The Morgan fingerprint density at radius 3 is 1.25 bits per heavy atom. The van der Waals surface area contributed by atoms with E-state index >= 15 is 0 Å². The Balaban J connectivity index is 3.52. The van der Waals surface area contributed by atoms with E-state index in [1.165, 1.54) is 0 Å². The van der Waals surface area contributed by atoms with E-state index < -0.39 is 0 Å². The van der Waals surface area contributed by atoms with E-state index in [9.17, 15) is 0 Å². The molecule has 0 radical (unpaired) electrons. The molecule has 0 unspecified atom stereocenters. The van der Waals surface area contributed by atoms with Gasteiger partial charge in [-0.25, -0.2) is 0 Å². The van der Waals surface area contributed by atoms with Gasteiger partial charge in [0.25, 0.3) is 0 Å². The predicted molar refractivity (Wildman–Crippen MR) is 75.4 cm³/mol. The van der Waals surface area contributed by atoms with Crippen LogP contribution in [0.3, 0.4) is 0 Å².